The molecule has 7 nitrogen and oxygen atoms in total. The minimum absolute atomic E-state index is 0.00962. The second-order valence-corrected chi connectivity index (χ2v) is 8.16. The molecule has 0 aliphatic carbocycles. The molecule has 2 aromatic rings. The average molecular weight is 437 g/mol. The summed E-state index contributed by atoms with van der Waals surface area (Å²) in [6, 6.07) is 6.67. The largest absolute Gasteiger partial charge is 0.456 e. The van der Waals surface area contributed by atoms with E-state index >= 15 is 0 Å². The molecule has 5 N–H and O–H groups in total. The van der Waals surface area contributed by atoms with Gasteiger partial charge in [0.15, 0.2) is 9.84 Å². The van der Waals surface area contributed by atoms with Crippen molar-refractivity contribution in [3.63, 3.8) is 0 Å². The van der Waals surface area contributed by atoms with Crippen molar-refractivity contribution in [2.75, 3.05) is 6.26 Å². The van der Waals surface area contributed by atoms with Crippen molar-refractivity contribution in [2.24, 2.45) is 16.7 Å². The van der Waals surface area contributed by atoms with Crippen LogP contribution in [0.15, 0.2) is 46.4 Å². The Morgan fingerprint density at radius 2 is 1.93 bits per heavy atom. The maximum absolute atomic E-state index is 13.2. The van der Waals surface area contributed by atoms with Gasteiger partial charge in [0.1, 0.15) is 17.3 Å². The zero-order chi connectivity index (χ0) is 21.1. The summed E-state index contributed by atoms with van der Waals surface area (Å²) in [4.78, 5) is -0.0483. The number of rotatable bonds is 6. The summed E-state index contributed by atoms with van der Waals surface area (Å²) in [5.74, 6) is 4.79. The van der Waals surface area contributed by atoms with Gasteiger partial charge >= 0.3 is 6.18 Å². The molecule has 12 heteroatoms. The molecule has 0 bridgehead atoms. The Kier molecular flexibility index (Phi) is 6.42. The highest BCUT2D eigenvalue weighted by atomic mass is 35.5. The predicted molar refractivity (Wildman–Crippen MR) is 98.7 cm³/mol. The third-order valence-electron chi connectivity index (χ3n) is 3.45. The van der Waals surface area contributed by atoms with E-state index in [4.69, 9.17) is 27.9 Å². The second-order valence-electron chi connectivity index (χ2n) is 5.74. The molecule has 152 valence electrons. The number of alkyl halides is 3. The Morgan fingerprint density at radius 3 is 2.46 bits per heavy atom. The minimum Gasteiger partial charge on any atom is -0.456 e. The Labute approximate surface area is 164 Å². The van der Waals surface area contributed by atoms with E-state index in [1.165, 1.54) is 18.2 Å². The molecule has 28 heavy (non-hydrogen) atoms. The van der Waals surface area contributed by atoms with Crippen LogP contribution in [0, 0.1) is 0 Å². The van der Waals surface area contributed by atoms with Crippen LogP contribution in [-0.2, 0) is 22.4 Å². The SMILES string of the molecule is CS(=O)(=O)c1ccc(Oc2cc(C/C(N)=N/NN)cc(C(F)(F)F)c2)c(Cl)c1. The number of ether oxygens (including phenoxy) is 1. The first-order valence-corrected chi connectivity index (χ1v) is 9.83. The number of amidine groups is 1. The smallest absolute Gasteiger partial charge is 0.416 e. The highest BCUT2D eigenvalue weighted by Gasteiger charge is 2.31. The quantitative estimate of drug-likeness (QED) is 0.277. The lowest BCUT2D eigenvalue weighted by molar-refractivity contribution is -0.137. The number of nitrogens with zero attached hydrogens (tertiary/aromatic N) is 1. The molecule has 0 unspecified atom stereocenters. The van der Waals surface area contributed by atoms with Crippen molar-refractivity contribution in [1.29, 1.82) is 0 Å². The predicted octanol–water partition coefficient (Wildman–Crippen LogP) is 2.83. The first kappa shape index (κ1) is 21.8. The zero-order valence-corrected chi connectivity index (χ0v) is 16.0. The molecule has 0 heterocycles. The van der Waals surface area contributed by atoms with Gasteiger partial charge < -0.3 is 10.5 Å². The molecule has 2 rings (SSSR count). The summed E-state index contributed by atoms with van der Waals surface area (Å²) in [7, 11) is -3.50. The fraction of sp³-hybridized carbons (Fsp3) is 0.188. The number of hydrazine groups is 1. The number of hydrogen-bond acceptors (Lipinski definition) is 6. The number of sulfone groups is 1. The van der Waals surface area contributed by atoms with Gasteiger partial charge in [-0.1, -0.05) is 11.6 Å². The Hall–Kier alpha value is -2.50. The monoisotopic (exact) mass is 436 g/mol. The van der Waals surface area contributed by atoms with Crippen LogP contribution in [0.3, 0.4) is 0 Å². The topological polar surface area (TPSA) is 120 Å². The van der Waals surface area contributed by atoms with Gasteiger partial charge in [-0.3, -0.25) is 0 Å². The van der Waals surface area contributed by atoms with Crippen molar-refractivity contribution < 1.29 is 26.3 Å². The average Bonchev–Trinajstić information content (AvgIpc) is 2.55. The number of nitrogens with one attached hydrogen (secondary N) is 1. The maximum atomic E-state index is 13.2. The van der Waals surface area contributed by atoms with Gasteiger partial charge in [-0.05, 0) is 42.0 Å². The van der Waals surface area contributed by atoms with E-state index in [1.807, 2.05) is 5.53 Å². The summed E-state index contributed by atoms with van der Waals surface area (Å²) < 4.78 is 68.1. The highest BCUT2D eigenvalue weighted by molar-refractivity contribution is 7.90. The summed E-state index contributed by atoms with van der Waals surface area (Å²) >= 11 is 6.01. The summed E-state index contributed by atoms with van der Waals surface area (Å²) in [6.45, 7) is 0. The normalized spacial score (nSPS) is 12.7. The van der Waals surface area contributed by atoms with Crippen LogP contribution in [0.25, 0.3) is 0 Å². The molecule has 0 aliphatic heterocycles. The van der Waals surface area contributed by atoms with Crippen molar-refractivity contribution >= 4 is 27.3 Å². The molecule has 0 radical (unpaired) electrons. The standard InChI is InChI=1S/C16H16ClF3N4O3S/c1-28(25,26)12-2-3-14(13(17)8-12)27-11-5-9(6-15(21)23-24-22)4-10(7-11)16(18,19)20/h2-5,7-8,24H,6,22H2,1H3,(H2,21,23). The van der Waals surface area contributed by atoms with E-state index < -0.39 is 21.6 Å². The van der Waals surface area contributed by atoms with Crippen LogP contribution in [0.4, 0.5) is 13.2 Å². The van der Waals surface area contributed by atoms with Gasteiger partial charge in [-0.2, -0.15) is 18.3 Å². The van der Waals surface area contributed by atoms with E-state index in [1.54, 1.807) is 0 Å². The summed E-state index contributed by atoms with van der Waals surface area (Å²) in [6.07, 6.45) is -3.75. The van der Waals surface area contributed by atoms with E-state index in [-0.39, 0.29) is 39.2 Å². The Morgan fingerprint density at radius 1 is 1.25 bits per heavy atom. The lowest BCUT2D eigenvalue weighted by atomic mass is 10.1. The molecule has 0 atom stereocenters. The van der Waals surface area contributed by atoms with Gasteiger partial charge in [-0.25, -0.2) is 19.8 Å². The Balaban J connectivity index is 2.43. The molecule has 0 saturated heterocycles. The van der Waals surface area contributed by atoms with E-state index in [0.717, 1.165) is 24.5 Å². The van der Waals surface area contributed by atoms with Crippen molar-refractivity contribution in [3.05, 3.63) is 52.5 Å². The Bertz CT molecular complexity index is 1010. The third kappa shape index (κ3) is 5.75. The third-order valence-corrected chi connectivity index (χ3v) is 4.85. The number of halogens is 4. The minimum atomic E-state index is -4.63. The van der Waals surface area contributed by atoms with E-state index in [9.17, 15) is 21.6 Å². The van der Waals surface area contributed by atoms with Crippen molar-refractivity contribution in [3.8, 4) is 11.5 Å². The first-order chi connectivity index (χ1) is 12.9. The molecule has 0 amide bonds. The van der Waals surface area contributed by atoms with Gasteiger partial charge in [-0.15, -0.1) is 0 Å². The fourth-order valence-electron chi connectivity index (χ4n) is 2.24. The molecular formula is C16H16ClF3N4O3S. The molecule has 0 saturated carbocycles. The molecule has 0 aliphatic rings. The molecule has 0 aromatic heterocycles. The summed E-state index contributed by atoms with van der Waals surface area (Å²) in [5.41, 5.74) is 6.73. The van der Waals surface area contributed by atoms with Crippen molar-refractivity contribution in [1.82, 2.24) is 5.53 Å². The lowest BCUT2D eigenvalue weighted by Gasteiger charge is -2.14. The summed E-state index contributed by atoms with van der Waals surface area (Å²) in [5, 5.41) is 3.42. The molecule has 0 spiro atoms. The van der Waals surface area contributed by atoms with Gasteiger partial charge in [0, 0.05) is 12.7 Å². The zero-order valence-electron chi connectivity index (χ0n) is 14.4. The van der Waals surface area contributed by atoms with Crippen LogP contribution in [0.5, 0.6) is 11.5 Å². The van der Waals surface area contributed by atoms with Crippen LogP contribution >= 0.6 is 11.6 Å². The van der Waals surface area contributed by atoms with Crippen LogP contribution in [-0.4, -0.2) is 20.5 Å². The number of hydrogen-bond donors (Lipinski definition) is 3. The first-order valence-electron chi connectivity index (χ1n) is 7.56. The van der Waals surface area contributed by atoms with Crippen LogP contribution in [0.1, 0.15) is 11.1 Å². The maximum Gasteiger partial charge on any atom is 0.416 e. The van der Waals surface area contributed by atoms with E-state index in [0.29, 0.717) is 0 Å². The van der Waals surface area contributed by atoms with Gasteiger partial charge in [0.05, 0.1) is 15.5 Å². The lowest BCUT2D eigenvalue weighted by Crippen LogP contribution is -2.24. The van der Waals surface area contributed by atoms with E-state index in [2.05, 4.69) is 5.10 Å². The molecule has 0 fully saturated rings. The molecule has 2 aromatic carbocycles. The molecular weight excluding hydrogens is 421 g/mol. The second kappa shape index (κ2) is 8.25. The number of nitrogens with two attached hydrogens (primary N) is 2. The number of hydrazone groups is 1. The number of benzene rings is 2. The van der Waals surface area contributed by atoms with Crippen LogP contribution in [0.2, 0.25) is 5.02 Å². The highest BCUT2D eigenvalue weighted by Crippen LogP contribution is 2.36. The van der Waals surface area contributed by atoms with Crippen molar-refractivity contribution in [2.45, 2.75) is 17.5 Å². The van der Waals surface area contributed by atoms with Gasteiger partial charge in [0.25, 0.3) is 0 Å². The fourth-order valence-corrected chi connectivity index (χ4v) is 3.17. The van der Waals surface area contributed by atoms with Crippen LogP contribution < -0.4 is 21.8 Å². The van der Waals surface area contributed by atoms with Gasteiger partial charge in [0.2, 0.25) is 0 Å².